The summed E-state index contributed by atoms with van der Waals surface area (Å²) in [4.78, 5) is 1.06. The SMILES string of the molecule is Cc1ccc(C(O)Cc2cccs2)c(F)c1. The summed E-state index contributed by atoms with van der Waals surface area (Å²) in [6.07, 6.45) is -0.295. The molecule has 0 spiro atoms. The summed E-state index contributed by atoms with van der Waals surface area (Å²) in [5, 5.41) is 11.9. The van der Waals surface area contributed by atoms with Gasteiger partial charge in [0.15, 0.2) is 0 Å². The van der Waals surface area contributed by atoms with Crippen LogP contribution >= 0.6 is 11.3 Å². The van der Waals surface area contributed by atoms with E-state index in [0.717, 1.165) is 10.4 Å². The smallest absolute Gasteiger partial charge is 0.129 e. The molecular formula is C13H13FOS. The fourth-order valence-corrected chi connectivity index (χ4v) is 2.37. The first-order chi connectivity index (χ1) is 7.66. The number of benzene rings is 1. The summed E-state index contributed by atoms with van der Waals surface area (Å²) in [6, 6.07) is 8.80. The molecule has 0 saturated heterocycles. The van der Waals surface area contributed by atoms with E-state index in [1.54, 1.807) is 17.4 Å². The van der Waals surface area contributed by atoms with Crippen molar-refractivity contribution in [2.45, 2.75) is 19.4 Å². The van der Waals surface area contributed by atoms with Gasteiger partial charge in [-0.05, 0) is 30.0 Å². The minimum Gasteiger partial charge on any atom is -0.388 e. The quantitative estimate of drug-likeness (QED) is 0.865. The molecule has 1 heterocycles. The first-order valence-electron chi connectivity index (χ1n) is 5.13. The lowest BCUT2D eigenvalue weighted by molar-refractivity contribution is 0.174. The van der Waals surface area contributed by atoms with E-state index in [4.69, 9.17) is 0 Å². The fraction of sp³-hybridized carbons (Fsp3) is 0.231. The zero-order valence-corrected chi connectivity index (χ0v) is 9.80. The molecule has 0 aliphatic rings. The second-order valence-electron chi connectivity index (χ2n) is 3.82. The van der Waals surface area contributed by atoms with E-state index in [1.807, 2.05) is 30.5 Å². The highest BCUT2D eigenvalue weighted by Crippen LogP contribution is 2.23. The lowest BCUT2D eigenvalue weighted by atomic mass is 10.0. The highest BCUT2D eigenvalue weighted by molar-refractivity contribution is 7.09. The molecule has 0 amide bonds. The van der Waals surface area contributed by atoms with E-state index in [1.165, 1.54) is 6.07 Å². The van der Waals surface area contributed by atoms with Gasteiger partial charge in [0.1, 0.15) is 5.82 Å². The predicted molar refractivity (Wildman–Crippen MR) is 64.1 cm³/mol. The molecule has 0 aliphatic heterocycles. The molecule has 16 heavy (non-hydrogen) atoms. The standard InChI is InChI=1S/C13H13FOS/c1-9-4-5-11(12(14)7-9)13(15)8-10-3-2-6-16-10/h2-7,13,15H,8H2,1H3. The minimum absolute atomic E-state index is 0.330. The largest absolute Gasteiger partial charge is 0.388 e. The Labute approximate surface area is 98.2 Å². The molecule has 2 aromatic rings. The zero-order chi connectivity index (χ0) is 11.5. The van der Waals surface area contributed by atoms with Crippen molar-refractivity contribution in [3.63, 3.8) is 0 Å². The van der Waals surface area contributed by atoms with Crippen LogP contribution in [0.15, 0.2) is 35.7 Å². The molecule has 0 fully saturated rings. The summed E-state index contributed by atoms with van der Waals surface area (Å²) < 4.78 is 13.6. The van der Waals surface area contributed by atoms with Crippen LogP contribution in [0.2, 0.25) is 0 Å². The summed E-state index contributed by atoms with van der Waals surface area (Å²) >= 11 is 1.57. The Kier molecular flexibility index (Phi) is 3.36. The van der Waals surface area contributed by atoms with Crippen LogP contribution in [0.25, 0.3) is 0 Å². The fourth-order valence-electron chi connectivity index (χ4n) is 1.63. The number of aliphatic hydroxyl groups excluding tert-OH is 1. The van der Waals surface area contributed by atoms with Crippen molar-refractivity contribution in [2.75, 3.05) is 0 Å². The van der Waals surface area contributed by atoms with Crippen LogP contribution in [0, 0.1) is 12.7 Å². The topological polar surface area (TPSA) is 20.2 Å². The predicted octanol–water partition coefficient (Wildman–Crippen LogP) is 3.47. The minimum atomic E-state index is -0.765. The molecule has 1 atom stereocenters. The molecule has 1 aromatic carbocycles. The molecule has 1 aromatic heterocycles. The Balaban J connectivity index is 2.17. The van der Waals surface area contributed by atoms with Crippen LogP contribution < -0.4 is 0 Å². The molecule has 1 N–H and O–H groups in total. The van der Waals surface area contributed by atoms with Crippen molar-refractivity contribution in [2.24, 2.45) is 0 Å². The van der Waals surface area contributed by atoms with Crippen LogP contribution in [-0.4, -0.2) is 5.11 Å². The molecule has 0 bridgehead atoms. The van der Waals surface area contributed by atoms with Gasteiger partial charge in [-0.2, -0.15) is 0 Å². The lowest BCUT2D eigenvalue weighted by Crippen LogP contribution is -2.03. The Morgan fingerprint density at radius 3 is 2.81 bits per heavy atom. The van der Waals surface area contributed by atoms with Gasteiger partial charge in [0, 0.05) is 16.9 Å². The molecule has 84 valence electrons. The van der Waals surface area contributed by atoms with Crippen molar-refractivity contribution in [3.05, 3.63) is 57.5 Å². The third-order valence-corrected chi connectivity index (χ3v) is 3.39. The molecule has 1 nitrogen and oxygen atoms in total. The summed E-state index contributed by atoms with van der Waals surface area (Å²) in [5.41, 5.74) is 1.24. The van der Waals surface area contributed by atoms with Gasteiger partial charge < -0.3 is 5.11 Å². The number of hydrogen-bond acceptors (Lipinski definition) is 2. The first kappa shape index (κ1) is 11.3. The number of aryl methyl sites for hydroxylation is 1. The molecule has 3 heteroatoms. The maximum Gasteiger partial charge on any atom is 0.129 e. The van der Waals surface area contributed by atoms with E-state index in [-0.39, 0.29) is 5.82 Å². The Bertz CT molecular complexity index is 465. The second-order valence-corrected chi connectivity index (χ2v) is 4.86. The highest BCUT2D eigenvalue weighted by Gasteiger charge is 2.13. The van der Waals surface area contributed by atoms with E-state index >= 15 is 0 Å². The number of aliphatic hydroxyl groups is 1. The van der Waals surface area contributed by atoms with Crippen LogP contribution in [-0.2, 0) is 6.42 Å². The van der Waals surface area contributed by atoms with Crippen molar-refractivity contribution < 1.29 is 9.50 Å². The third-order valence-electron chi connectivity index (χ3n) is 2.49. The number of hydrogen-bond donors (Lipinski definition) is 1. The summed E-state index contributed by atoms with van der Waals surface area (Å²) in [7, 11) is 0. The van der Waals surface area contributed by atoms with Gasteiger partial charge in [0.05, 0.1) is 6.10 Å². The van der Waals surface area contributed by atoms with Gasteiger partial charge in [0.25, 0.3) is 0 Å². The van der Waals surface area contributed by atoms with Gasteiger partial charge in [-0.15, -0.1) is 11.3 Å². The van der Waals surface area contributed by atoms with Gasteiger partial charge in [0.2, 0.25) is 0 Å². The molecule has 2 rings (SSSR count). The van der Waals surface area contributed by atoms with Crippen molar-refractivity contribution in [1.82, 2.24) is 0 Å². The Morgan fingerprint density at radius 2 is 2.19 bits per heavy atom. The molecular weight excluding hydrogens is 223 g/mol. The third kappa shape index (κ3) is 2.49. The van der Waals surface area contributed by atoms with Gasteiger partial charge in [-0.1, -0.05) is 18.2 Å². The van der Waals surface area contributed by atoms with E-state index in [2.05, 4.69) is 0 Å². The number of thiophene rings is 1. The van der Waals surface area contributed by atoms with Crippen molar-refractivity contribution in [1.29, 1.82) is 0 Å². The second kappa shape index (κ2) is 4.76. The van der Waals surface area contributed by atoms with E-state index < -0.39 is 6.10 Å². The van der Waals surface area contributed by atoms with Gasteiger partial charge in [-0.25, -0.2) is 4.39 Å². The Morgan fingerprint density at radius 1 is 1.38 bits per heavy atom. The van der Waals surface area contributed by atoms with Crippen molar-refractivity contribution in [3.8, 4) is 0 Å². The van der Waals surface area contributed by atoms with E-state index in [9.17, 15) is 9.50 Å². The van der Waals surface area contributed by atoms with Gasteiger partial charge >= 0.3 is 0 Å². The summed E-state index contributed by atoms with van der Waals surface area (Å²) in [6.45, 7) is 1.83. The van der Waals surface area contributed by atoms with Crippen molar-refractivity contribution >= 4 is 11.3 Å². The summed E-state index contributed by atoms with van der Waals surface area (Å²) in [5.74, 6) is -0.330. The Hall–Kier alpha value is -1.19. The average molecular weight is 236 g/mol. The van der Waals surface area contributed by atoms with Gasteiger partial charge in [-0.3, -0.25) is 0 Å². The lowest BCUT2D eigenvalue weighted by Gasteiger charge is -2.11. The zero-order valence-electron chi connectivity index (χ0n) is 8.98. The normalized spacial score (nSPS) is 12.7. The maximum absolute atomic E-state index is 13.6. The molecule has 1 unspecified atom stereocenters. The maximum atomic E-state index is 13.6. The van der Waals surface area contributed by atoms with Crippen LogP contribution in [0.5, 0.6) is 0 Å². The number of rotatable bonds is 3. The van der Waals surface area contributed by atoms with E-state index in [0.29, 0.717) is 12.0 Å². The molecule has 0 saturated carbocycles. The van der Waals surface area contributed by atoms with Crippen LogP contribution in [0.4, 0.5) is 4.39 Å². The molecule has 0 aliphatic carbocycles. The van der Waals surface area contributed by atoms with Crippen LogP contribution in [0.3, 0.4) is 0 Å². The van der Waals surface area contributed by atoms with Crippen LogP contribution in [0.1, 0.15) is 22.1 Å². The monoisotopic (exact) mass is 236 g/mol. The number of halogens is 1. The highest BCUT2D eigenvalue weighted by atomic mass is 32.1. The first-order valence-corrected chi connectivity index (χ1v) is 6.01. The average Bonchev–Trinajstić information content (AvgIpc) is 2.70. The molecule has 0 radical (unpaired) electrons.